The number of rotatable bonds is 9. The third kappa shape index (κ3) is 5.60. The lowest BCUT2D eigenvalue weighted by molar-refractivity contribution is -0.118. The summed E-state index contributed by atoms with van der Waals surface area (Å²) in [6.07, 6.45) is 0. The first-order valence-electron chi connectivity index (χ1n) is 11.4. The number of methoxy groups -OCH3 is 1. The number of benzene rings is 3. The van der Waals surface area contributed by atoms with Gasteiger partial charge in [-0.3, -0.25) is 9.59 Å². The molecule has 1 atom stereocenters. The van der Waals surface area contributed by atoms with Gasteiger partial charge in [0.05, 0.1) is 24.2 Å². The van der Waals surface area contributed by atoms with Crippen molar-refractivity contribution in [2.75, 3.05) is 19.0 Å². The zero-order chi connectivity index (χ0) is 24.8. The van der Waals surface area contributed by atoms with Crippen molar-refractivity contribution in [2.45, 2.75) is 26.4 Å². The van der Waals surface area contributed by atoms with Crippen molar-refractivity contribution < 1.29 is 19.1 Å². The predicted octanol–water partition coefficient (Wildman–Crippen LogP) is 4.57. The van der Waals surface area contributed by atoms with Crippen LogP contribution in [0.4, 0.5) is 5.69 Å². The molecule has 180 valence electrons. The second-order valence-corrected chi connectivity index (χ2v) is 7.99. The largest absolute Gasteiger partial charge is 0.497 e. The van der Waals surface area contributed by atoms with Gasteiger partial charge in [-0.25, -0.2) is 4.98 Å². The summed E-state index contributed by atoms with van der Waals surface area (Å²) in [6.45, 7) is 4.58. The quantitative estimate of drug-likeness (QED) is 0.372. The lowest BCUT2D eigenvalue weighted by atomic mass is 10.2. The monoisotopic (exact) mass is 472 g/mol. The van der Waals surface area contributed by atoms with E-state index in [9.17, 15) is 9.59 Å². The van der Waals surface area contributed by atoms with Crippen LogP contribution in [0, 0.1) is 0 Å². The van der Waals surface area contributed by atoms with Crippen LogP contribution in [0.3, 0.4) is 0 Å². The van der Waals surface area contributed by atoms with E-state index in [1.165, 1.54) is 0 Å². The molecule has 8 heteroatoms. The van der Waals surface area contributed by atoms with Crippen LogP contribution in [0.1, 0.15) is 36.1 Å². The topological polar surface area (TPSA) is 94.5 Å². The highest BCUT2D eigenvalue weighted by atomic mass is 16.5. The molecule has 0 aliphatic rings. The highest BCUT2D eigenvalue weighted by Gasteiger charge is 2.18. The predicted molar refractivity (Wildman–Crippen MR) is 135 cm³/mol. The highest BCUT2D eigenvalue weighted by Crippen LogP contribution is 2.21. The van der Waals surface area contributed by atoms with E-state index in [-0.39, 0.29) is 24.5 Å². The average molecular weight is 473 g/mol. The third-order valence-electron chi connectivity index (χ3n) is 5.58. The Balaban J connectivity index is 1.33. The van der Waals surface area contributed by atoms with E-state index in [1.54, 1.807) is 55.6 Å². The Kier molecular flexibility index (Phi) is 7.30. The molecular formula is C27H28N4O4. The Morgan fingerprint density at radius 2 is 1.77 bits per heavy atom. The lowest BCUT2D eigenvalue weighted by Gasteiger charge is -2.15. The number of para-hydroxylation sites is 2. The Hall–Kier alpha value is -4.33. The molecule has 2 amide bonds. The summed E-state index contributed by atoms with van der Waals surface area (Å²) < 4.78 is 12.8. The zero-order valence-electron chi connectivity index (χ0n) is 19.9. The van der Waals surface area contributed by atoms with Crippen molar-refractivity contribution in [3.63, 3.8) is 0 Å². The van der Waals surface area contributed by atoms with Gasteiger partial charge >= 0.3 is 0 Å². The maximum atomic E-state index is 12.8. The van der Waals surface area contributed by atoms with Crippen LogP contribution >= 0.6 is 0 Å². The molecule has 0 saturated heterocycles. The molecule has 1 heterocycles. The third-order valence-corrected chi connectivity index (χ3v) is 5.58. The van der Waals surface area contributed by atoms with Crippen molar-refractivity contribution in [3.05, 3.63) is 84.2 Å². The molecule has 0 saturated carbocycles. The molecule has 1 unspecified atom stereocenters. The molecule has 0 fully saturated rings. The number of fused-ring (bicyclic) bond motifs is 1. The van der Waals surface area contributed by atoms with Crippen molar-refractivity contribution in [1.82, 2.24) is 14.9 Å². The number of nitrogens with one attached hydrogen (secondary N) is 2. The number of hydrogen-bond acceptors (Lipinski definition) is 5. The van der Waals surface area contributed by atoms with Crippen molar-refractivity contribution in [3.8, 4) is 11.5 Å². The Morgan fingerprint density at radius 1 is 1.00 bits per heavy atom. The summed E-state index contributed by atoms with van der Waals surface area (Å²) >= 11 is 0. The number of aryl methyl sites for hydroxylation is 1. The smallest absolute Gasteiger partial charge is 0.262 e. The molecule has 0 aliphatic heterocycles. The van der Waals surface area contributed by atoms with Crippen LogP contribution < -0.4 is 20.1 Å². The molecule has 4 rings (SSSR count). The first-order chi connectivity index (χ1) is 17.0. The number of amides is 2. The number of imidazole rings is 1. The number of anilines is 1. The molecule has 0 radical (unpaired) electrons. The standard InChI is InChI=1S/C27H28N4O4/c1-4-31-24-11-6-5-10-23(24)30-26(31)18(2)28-27(33)19-12-14-21(15-13-19)35-17-25(32)29-20-8-7-9-22(16-20)34-3/h5-16,18H,4,17H2,1-3H3,(H,28,33)(H,29,32). The molecule has 0 aliphatic carbocycles. The van der Waals surface area contributed by atoms with Crippen LogP contribution in [0.2, 0.25) is 0 Å². The lowest BCUT2D eigenvalue weighted by Crippen LogP contribution is -2.28. The van der Waals surface area contributed by atoms with Gasteiger partial charge in [0.2, 0.25) is 0 Å². The fourth-order valence-electron chi connectivity index (χ4n) is 3.85. The van der Waals surface area contributed by atoms with Crippen molar-refractivity contribution in [1.29, 1.82) is 0 Å². The van der Waals surface area contributed by atoms with E-state index in [0.717, 1.165) is 23.4 Å². The van der Waals surface area contributed by atoms with E-state index in [0.29, 0.717) is 22.7 Å². The van der Waals surface area contributed by atoms with Crippen molar-refractivity contribution in [2.24, 2.45) is 0 Å². The zero-order valence-corrected chi connectivity index (χ0v) is 19.9. The summed E-state index contributed by atoms with van der Waals surface area (Å²) in [6, 6.07) is 21.4. The van der Waals surface area contributed by atoms with E-state index in [4.69, 9.17) is 14.5 Å². The van der Waals surface area contributed by atoms with Crippen molar-refractivity contribution >= 4 is 28.5 Å². The highest BCUT2D eigenvalue weighted by molar-refractivity contribution is 5.94. The molecular weight excluding hydrogens is 444 g/mol. The number of hydrogen-bond donors (Lipinski definition) is 2. The second kappa shape index (κ2) is 10.7. The van der Waals surface area contributed by atoms with Gasteiger partial charge in [0, 0.05) is 23.9 Å². The Morgan fingerprint density at radius 3 is 2.51 bits per heavy atom. The molecule has 0 bridgehead atoms. The normalized spacial score (nSPS) is 11.6. The van der Waals surface area contributed by atoms with E-state index >= 15 is 0 Å². The van der Waals surface area contributed by atoms with Gasteiger partial charge in [-0.2, -0.15) is 0 Å². The summed E-state index contributed by atoms with van der Waals surface area (Å²) in [7, 11) is 1.57. The van der Waals surface area contributed by atoms with Crippen LogP contribution in [-0.2, 0) is 11.3 Å². The average Bonchev–Trinajstić information content (AvgIpc) is 3.27. The second-order valence-electron chi connectivity index (χ2n) is 7.99. The Labute approximate surface area is 203 Å². The molecule has 35 heavy (non-hydrogen) atoms. The van der Waals surface area contributed by atoms with Gasteiger partial charge in [0.1, 0.15) is 17.3 Å². The fourth-order valence-corrected chi connectivity index (χ4v) is 3.85. The van der Waals surface area contributed by atoms with Gasteiger partial charge in [-0.1, -0.05) is 18.2 Å². The minimum atomic E-state index is -0.298. The molecule has 8 nitrogen and oxygen atoms in total. The first-order valence-corrected chi connectivity index (χ1v) is 11.4. The number of ether oxygens (including phenoxy) is 2. The molecule has 3 aromatic carbocycles. The summed E-state index contributed by atoms with van der Waals surface area (Å²) in [4.78, 5) is 29.7. The van der Waals surface area contributed by atoms with Crippen LogP contribution in [0.5, 0.6) is 11.5 Å². The maximum absolute atomic E-state index is 12.8. The maximum Gasteiger partial charge on any atom is 0.262 e. The minimum Gasteiger partial charge on any atom is -0.497 e. The fraction of sp³-hybridized carbons (Fsp3) is 0.222. The Bertz CT molecular complexity index is 1330. The van der Waals surface area contributed by atoms with E-state index < -0.39 is 0 Å². The van der Waals surface area contributed by atoms with Crippen LogP contribution in [0.15, 0.2) is 72.8 Å². The number of aromatic nitrogens is 2. The van der Waals surface area contributed by atoms with Gasteiger partial charge in [-0.15, -0.1) is 0 Å². The van der Waals surface area contributed by atoms with Gasteiger partial charge in [0.15, 0.2) is 6.61 Å². The van der Waals surface area contributed by atoms with E-state index in [1.807, 2.05) is 31.2 Å². The summed E-state index contributed by atoms with van der Waals surface area (Å²) in [5.41, 5.74) is 3.06. The molecule has 1 aromatic heterocycles. The summed E-state index contributed by atoms with van der Waals surface area (Å²) in [5.74, 6) is 1.44. The minimum absolute atomic E-state index is 0.160. The number of carbonyl (C=O) groups excluding carboxylic acids is 2. The van der Waals surface area contributed by atoms with Crippen LogP contribution in [-0.4, -0.2) is 35.1 Å². The van der Waals surface area contributed by atoms with Crippen LogP contribution in [0.25, 0.3) is 11.0 Å². The van der Waals surface area contributed by atoms with E-state index in [2.05, 4.69) is 22.1 Å². The number of carbonyl (C=O) groups is 2. The first kappa shape index (κ1) is 23.8. The van der Waals surface area contributed by atoms with Gasteiger partial charge in [-0.05, 0) is 62.4 Å². The molecule has 4 aromatic rings. The SMILES string of the molecule is CCn1c(C(C)NC(=O)c2ccc(OCC(=O)Nc3cccc(OC)c3)cc2)nc2ccccc21. The van der Waals surface area contributed by atoms with Gasteiger partial charge < -0.3 is 24.7 Å². The summed E-state index contributed by atoms with van der Waals surface area (Å²) in [5, 5.41) is 5.77. The molecule has 2 N–H and O–H groups in total. The molecule has 0 spiro atoms. The number of nitrogens with zero attached hydrogens (tertiary/aromatic N) is 2. The van der Waals surface area contributed by atoms with Gasteiger partial charge in [0.25, 0.3) is 11.8 Å².